The molecule has 0 spiro atoms. The molecular weight excluding hydrogens is 420 g/mol. The van der Waals surface area contributed by atoms with E-state index in [1.165, 1.54) is 10.4 Å². The fourth-order valence-electron chi connectivity index (χ4n) is 3.30. The first kappa shape index (κ1) is 20.5. The van der Waals surface area contributed by atoms with Crippen molar-refractivity contribution in [1.29, 1.82) is 0 Å². The van der Waals surface area contributed by atoms with Crippen molar-refractivity contribution in [2.75, 3.05) is 25.4 Å². The Morgan fingerprint density at radius 3 is 2.73 bits per heavy atom. The summed E-state index contributed by atoms with van der Waals surface area (Å²) in [5, 5.41) is 9.45. The van der Waals surface area contributed by atoms with E-state index in [1.807, 2.05) is 54.0 Å². The van der Waals surface area contributed by atoms with Gasteiger partial charge in [-0.1, -0.05) is 24.3 Å². The lowest BCUT2D eigenvalue weighted by Gasteiger charge is -2.13. The minimum atomic E-state index is -3.14. The summed E-state index contributed by atoms with van der Waals surface area (Å²) in [5.41, 5.74) is 2.57. The molecular formula is C21H22N4O3S2. The summed E-state index contributed by atoms with van der Waals surface area (Å²) in [4.78, 5) is 13.3. The number of sulfonamides is 1. The second-order valence-corrected chi connectivity index (χ2v) is 9.92. The van der Waals surface area contributed by atoms with E-state index in [0.717, 1.165) is 21.8 Å². The molecule has 0 atom stereocenters. The van der Waals surface area contributed by atoms with E-state index in [9.17, 15) is 13.2 Å². The molecule has 1 amide bonds. The molecule has 7 nitrogen and oxygen atoms in total. The van der Waals surface area contributed by atoms with Gasteiger partial charge in [0.2, 0.25) is 15.9 Å². The Morgan fingerprint density at radius 1 is 1.20 bits per heavy atom. The zero-order valence-corrected chi connectivity index (χ0v) is 17.9. The van der Waals surface area contributed by atoms with Crippen molar-refractivity contribution in [1.82, 2.24) is 19.4 Å². The van der Waals surface area contributed by atoms with Gasteiger partial charge >= 0.3 is 0 Å². The lowest BCUT2D eigenvalue weighted by molar-refractivity contribution is -0.116. The Balaban J connectivity index is 1.45. The third kappa shape index (κ3) is 4.69. The van der Waals surface area contributed by atoms with Gasteiger partial charge in [-0.15, -0.1) is 11.3 Å². The Kier molecular flexibility index (Phi) is 6.12. The van der Waals surface area contributed by atoms with Crippen molar-refractivity contribution in [3.8, 4) is 16.3 Å². The average Bonchev–Trinajstić information content (AvgIpc) is 3.47. The normalized spacial score (nSPS) is 16.3. The van der Waals surface area contributed by atoms with Gasteiger partial charge in [0.05, 0.1) is 16.3 Å². The van der Waals surface area contributed by atoms with Crippen molar-refractivity contribution in [3.63, 3.8) is 0 Å². The number of carbonyl (C=O) groups excluding carboxylic acids is 1. The lowest BCUT2D eigenvalue weighted by Crippen LogP contribution is -2.35. The summed E-state index contributed by atoms with van der Waals surface area (Å²) in [7, 11) is -3.14. The fourth-order valence-corrected chi connectivity index (χ4v) is 5.56. The minimum Gasteiger partial charge on any atom is -0.351 e. The Bertz CT molecular complexity index is 1140. The number of para-hydroxylation sites is 1. The highest BCUT2D eigenvalue weighted by Crippen LogP contribution is 2.28. The van der Waals surface area contributed by atoms with E-state index in [1.54, 1.807) is 22.1 Å². The molecule has 0 aliphatic carbocycles. The molecule has 30 heavy (non-hydrogen) atoms. The van der Waals surface area contributed by atoms with Crippen LogP contribution in [0.15, 0.2) is 60.1 Å². The Morgan fingerprint density at radius 2 is 2.03 bits per heavy atom. The van der Waals surface area contributed by atoms with Crippen LogP contribution in [-0.4, -0.2) is 53.8 Å². The lowest BCUT2D eigenvalue weighted by atomic mass is 10.2. The topological polar surface area (TPSA) is 84.3 Å². The molecule has 4 rings (SSSR count). The maximum atomic E-state index is 12.2. The van der Waals surface area contributed by atoms with E-state index >= 15 is 0 Å². The van der Waals surface area contributed by atoms with Gasteiger partial charge in [0.25, 0.3) is 0 Å². The van der Waals surface area contributed by atoms with Crippen LogP contribution < -0.4 is 5.32 Å². The largest absolute Gasteiger partial charge is 0.351 e. The smallest absolute Gasteiger partial charge is 0.244 e. The quantitative estimate of drug-likeness (QED) is 0.570. The van der Waals surface area contributed by atoms with Crippen LogP contribution in [0.5, 0.6) is 0 Å². The second-order valence-electron chi connectivity index (χ2n) is 6.88. The summed E-state index contributed by atoms with van der Waals surface area (Å²) in [5.74, 6) is -0.0752. The van der Waals surface area contributed by atoms with Gasteiger partial charge in [0.15, 0.2) is 0 Å². The molecule has 2 aromatic heterocycles. The van der Waals surface area contributed by atoms with Crippen LogP contribution in [0.2, 0.25) is 0 Å². The van der Waals surface area contributed by atoms with Crippen molar-refractivity contribution in [2.45, 2.75) is 6.42 Å². The van der Waals surface area contributed by atoms with Gasteiger partial charge in [-0.25, -0.2) is 17.4 Å². The van der Waals surface area contributed by atoms with Gasteiger partial charge in [0.1, 0.15) is 5.69 Å². The summed E-state index contributed by atoms with van der Waals surface area (Å²) in [6, 6.07) is 13.8. The molecule has 0 saturated carbocycles. The molecule has 1 aromatic carbocycles. The zero-order valence-electron chi connectivity index (χ0n) is 16.3. The number of carbonyl (C=O) groups is 1. The van der Waals surface area contributed by atoms with Crippen LogP contribution in [-0.2, 0) is 14.8 Å². The molecule has 1 N–H and O–H groups in total. The molecule has 0 bridgehead atoms. The van der Waals surface area contributed by atoms with Crippen LogP contribution in [0.4, 0.5) is 0 Å². The van der Waals surface area contributed by atoms with Crippen molar-refractivity contribution < 1.29 is 13.2 Å². The first-order valence-electron chi connectivity index (χ1n) is 9.66. The predicted molar refractivity (Wildman–Crippen MR) is 119 cm³/mol. The monoisotopic (exact) mass is 442 g/mol. The molecule has 0 unspecified atom stereocenters. The third-order valence-electron chi connectivity index (χ3n) is 4.80. The summed E-state index contributed by atoms with van der Waals surface area (Å²) in [6.07, 6.45) is 5.74. The van der Waals surface area contributed by atoms with Crippen molar-refractivity contribution >= 4 is 33.3 Å². The van der Waals surface area contributed by atoms with E-state index in [4.69, 9.17) is 5.10 Å². The highest BCUT2D eigenvalue weighted by atomic mass is 32.2. The highest BCUT2D eigenvalue weighted by molar-refractivity contribution is 7.89. The molecule has 3 heterocycles. The molecule has 3 aromatic rings. The molecule has 1 aliphatic rings. The average molecular weight is 443 g/mol. The van der Waals surface area contributed by atoms with Gasteiger partial charge in [-0.3, -0.25) is 4.79 Å². The number of thiophene rings is 1. The van der Waals surface area contributed by atoms with Gasteiger partial charge < -0.3 is 5.32 Å². The summed E-state index contributed by atoms with van der Waals surface area (Å²) in [6.45, 7) is 1.11. The summed E-state index contributed by atoms with van der Waals surface area (Å²) < 4.78 is 26.8. The SMILES string of the molecule is O=C(C=Cc1cn(-c2ccccc2)nc1-c1cccs1)NCCN1CCCS1(=O)=O. The van der Waals surface area contributed by atoms with E-state index in [-0.39, 0.29) is 18.2 Å². The zero-order chi connectivity index (χ0) is 21.0. The Hall–Kier alpha value is -2.75. The molecule has 0 radical (unpaired) electrons. The standard InChI is InChI=1S/C21H22N4O3S2/c26-20(22-11-13-24-12-5-15-30(24,27)28)10-9-17-16-25(18-6-2-1-3-7-18)23-21(17)19-8-4-14-29-19/h1-4,6-10,14,16H,5,11-13,15H2,(H,22,26). The number of nitrogens with zero attached hydrogens (tertiary/aromatic N) is 3. The highest BCUT2D eigenvalue weighted by Gasteiger charge is 2.27. The molecule has 1 saturated heterocycles. The number of aromatic nitrogens is 2. The number of hydrogen-bond acceptors (Lipinski definition) is 5. The molecule has 1 fully saturated rings. The first-order valence-corrected chi connectivity index (χ1v) is 12.1. The molecule has 9 heteroatoms. The maximum absolute atomic E-state index is 12.2. The first-order chi connectivity index (χ1) is 14.5. The predicted octanol–water partition coefficient (Wildman–Crippen LogP) is 2.77. The van der Waals surface area contributed by atoms with Crippen LogP contribution in [0, 0.1) is 0 Å². The van der Waals surface area contributed by atoms with Crippen LogP contribution in [0.25, 0.3) is 22.3 Å². The number of hydrogen-bond donors (Lipinski definition) is 1. The van der Waals surface area contributed by atoms with Crippen LogP contribution in [0.1, 0.15) is 12.0 Å². The van der Waals surface area contributed by atoms with E-state index in [2.05, 4.69) is 5.32 Å². The van der Waals surface area contributed by atoms with Gasteiger partial charge in [0, 0.05) is 37.5 Å². The van der Waals surface area contributed by atoms with E-state index < -0.39 is 10.0 Å². The molecule has 1 aliphatic heterocycles. The number of amides is 1. The van der Waals surface area contributed by atoms with Crippen molar-refractivity contribution in [3.05, 3.63) is 65.7 Å². The fraction of sp³-hybridized carbons (Fsp3) is 0.238. The number of nitrogens with one attached hydrogen (secondary N) is 1. The van der Waals surface area contributed by atoms with Gasteiger partial charge in [-0.2, -0.15) is 5.10 Å². The van der Waals surface area contributed by atoms with Crippen LogP contribution >= 0.6 is 11.3 Å². The second kappa shape index (κ2) is 8.95. The number of rotatable bonds is 7. The number of benzene rings is 1. The van der Waals surface area contributed by atoms with Crippen molar-refractivity contribution in [2.24, 2.45) is 0 Å². The molecule has 156 valence electrons. The Labute approximate surface area is 179 Å². The minimum absolute atomic E-state index is 0.192. The van der Waals surface area contributed by atoms with Crippen LogP contribution in [0.3, 0.4) is 0 Å². The maximum Gasteiger partial charge on any atom is 0.244 e. The van der Waals surface area contributed by atoms with Gasteiger partial charge in [-0.05, 0) is 36.1 Å². The summed E-state index contributed by atoms with van der Waals surface area (Å²) >= 11 is 1.59. The third-order valence-corrected chi connectivity index (χ3v) is 7.63. The van der Waals surface area contributed by atoms with E-state index in [0.29, 0.717) is 19.5 Å².